The Morgan fingerprint density at radius 3 is 3.15 bits per heavy atom. The minimum Gasteiger partial charge on any atom is -0.355 e. The van der Waals surface area contributed by atoms with Crippen molar-refractivity contribution >= 4 is 17.9 Å². The number of hydrogen-bond acceptors (Lipinski definition) is 4. The quantitative estimate of drug-likeness (QED) is 0.449. The van der Waals surface area contributed by atoms with Gasteiger partial charge in [-0.3, -0.25) is 4.79 Å². The summed E-state index contributed by atoms with van der Waals surface area (Å²) in [4.78, 5) is 11.4. The molecule has 0 saturated carbocycles. The Morgan fingerprint density at radius 1 is 1.69 bits per heavy atom. The van der Waals surface area contributed by atoms with Crippen LogP contribution in [-0.2, 0) is 4.79 Å². The van der Waals surface area contributed by atoms with E-state index in [0.717, 1.165) is 37.8 Å². The molecule has 0 aliphatic carbocycles. The smallest absolute Gasteiger partial charge is 0.237 e. The number of carbonyl (C=O) groups is 1. The molecule has 13 heavy (non-hydrogen) atoms. The second-order valence-corrected chi connectivity index (χ2v) is 3.79. The third-order valence-corrected chi connectivity index (χ3v) is 2.56. The van der Waals surface area contributed by atoms with E-state index in [4.69, 9.17) is 4.55 Å². The molecule has 1 aliphatic rings. The summed E-state index contributed by atoms with van der Waals surface area (Å²) in [6, 6.07) is 0.0155. The molecule has 4 nitrogen and oxygen atoms in total. The molecule has 1 saturated heterocycles. The van der Waals surface area contributed by atoms with E-state index in [2.05, 4.69) is 10.6 Å². The van der Waals surface area contributed by atoms with Crippen LogP contribution in [0.25, 0.3) is 0 Å². The summed E-state index contributed by atoms with van der Waals surface area (Å²) in [6.45, 7) is 1.61. The van der Waals surface area contributed by atoms with Crippen molar-refractivity contribution in [2.24, 2.45) is 0 Å². The normalized spacial score (nSPS) is 21.8. The van der Waals surface area contributed by atoms with Crippen LogP contribution in [0.15, 0.2) is 0 Å². The Kier molecular flexibility index (Phi) is 5.19. The maximum Gasteiger partial charge on any atom is 0.237 e. The Labute approximate surface area is 82.7 Å². The van der Waals surface area contributed by atoms with Crippen LogP contribution in [-0.4, -0.2) is 35.3 Å². The predicted molar refractivity (Wildman–Crippen MR) is 53.7 cm³/mol. The zero-order chi connectivity index (χ0) is 9.52. The molecule has 0 bridgehead atoms. The van der Waals surface area contributed by atoms with Gasteiger partial charge in [0.2, 0.25) is 5.91 Å². The summed E-state index contributed by atoms with van der Waals surface area (Å²) >= 11 is 0.819. The molecule has 76 valence electrons. The summed E-state index contributed by atoms with van der Waals surface area (Å²) in [5.41, 5.74) is 0. The van der Waals surface area contributed by atoms with Crippen molar-refractivity contribution in [3.8, 4) is 0 Å². The molecule has 3 N–H and O–H groups in total. The third-order valence-electron chi connectivity index (χ3n) is 2.09. The molecule has 1 heterocycles. The second kappa shape index (κ2) is 6.23. The van der Waals surface area contributed by atoms with E-state index >= 15 is 0 Å². The molecule has 0 aromatic heterocycles. The Morgan fingerprint density at radius 2 is 2.54 bits per heavy atom. The SMILES string of the molecule is O=C(NCCCSO)C1CCCN1. The second-order valence-electron chi connectivity index (χ2n) is 3.13. The maximum absolute atomic E-state index is 11.4. The third kappa shape index (κ3) is 3.97. The zero-order valence-corrected chi connectivity index (χ0v) is 8.40. The first-order chi connectivity index (χ1) is 6.34. The number of rotatable bonds is 5. The van der Waals surface area contributed by atoms with E-state index in [1.807, 2.05) is 0 Å². The first-order valence-corrected chi connectivity index (χ1v) is 5.56. The number of carbonyl (C=O) groups excluding carboxylic acids is 1. The summed E-state index contributed by atoms with van der Waals surface area (Å²) < 4.78 is 8.43. The van der Waals surface area contributed by atoms with Crippen LogP contribution in [0.5, 0.6) is 0 Å². The fraction of sp³-hybridized carbons (Fsp3) is 0.875. The summed E-state index contributed by atoms with van der Waals surface area (Å²) in [5, 5.41) is 5.96. The van der Waals surface area contributed by atoms with Gasteiger partial charge >= 0.3 is 0 Å². The van der Waals surface area contributed by atoms with E-state index in [-0.39, 0.29) is 11.9 Å². The standard InChI is InChI=1S/C8H16N2O2S/c11-8(7-3-1-4-9-7)10-5-2-6-13-12/h7,9,12H,1-6H2,(H,10,11). The van der Waals surface area contributed by atoms with E-state index in [0.29, 0.717) is 12.3 Å². The highest BCUT2D eigenvalue weighted by molar-refractivity contribution is 7.93. The molecular weight excluding hydrogens is 188 g/mol. The van der Waals surface area contributed by atoms with E-state index in [1.165, 1.54) is 0 Å². The summed E-state index contributed by atoms with van der Waals surface area (Å²) in [7, 11) is 0. The van der Waals surface area contributed by atoms with Crippen LogP contribution in [0.2, 0.25) is 0 Å². The molecule has 0 spiro atoms. The Hall–Kier alpha value is -0.260. The van der Waals surface area contributed by atoms with E-state index < -0.39 is 0 Å². The largest absolute Gasteiger partial charge is 0.355 e. The molecule has 0 aromatic carbocycles. The number of nitrogens with one attached hydrogen (secondary N) is 2. The molecule has 1 fully saturated rings. The van der Waals surface area contributed by atoms with Gasteiger partial charge in [0.05, 0.1) is 6.04 Å². The van der Waals surface area contributed by atoms with Gasteiger partial charge in [0.1, 0.15) is 0 Å². The molecule has 1 atom stereocenters. The molecular formula is C8H16N2O2S. The van der Waals surface area contributed by atoms with Crippen molar-refractivity contribution < 1.29 is 9.35 Å². The lowest BCUT2D eigenvalue weighted by molar-refractivity contribution is -0.122. The predicted octanol–water partition coefficient (Wildman–Crippen LogP) is 0.451. The van der Waals surface area contributed by atoms with Crippen molar-refractivity contribution in [2.75, 3.05) is 18.8 Å². The average Bonchev–Trinajstić information content (AvgIpc) is 2.65. The average molecular weight is 204 g/mol. The summed E-state index contributed by atoms with van der Waals surface area (Å²) in [5.74, 6) is 0.777. The highest BCUT2D eigenvalue weighted by Gasteiger charge is 2.20. The molecule has 1 amide bonds. The van der Waals surface area contributed by atoms with Crippen LogP contribution >= 0.6 is 12.0 Å². The Balaban J connectivity index is 2.03. The van der Waals surface area contributed by atoms with Crippen LogP contribution in [0, 0.1) is 0 Å². The first-order valence-electron chi connectivity index (χ1n) is 4.62. The monoisotopic (exact) mass is 204 g/mol. The van der Waals surface area contributed by atoms with Gasteiger partial charge in [-0.2, -0.15) is 0 Å². The molecule has 0 aromatic rings. The Bertz CT molecular complexity index is 160. The molecule has 5 heteroatoms. The number of amides is 1. The molecule has 0 radical (unpaired) electrons. The van der Waals surface area contributed by atoms with Crippen LogP contribution in [0.3, 0.4) is 0 Å². The van der Waals surface area contributed by atoms with Gasteiger partial charge < -0.3 is 15.2 Å². The summed E-state index contributed by atoms with van der Waals surface area (Å²) in [6.07, 6.45) is 2.85. The lowest BCUT2D eigenvalue weighted by Gasteiger charge is -2.10. The number of hydrogen-bond donors (Lipinski definition) is 3. The van der Waals surface area contributed by atoms with Gasteiger partial charge in [0.25, 0.3) is 0 Å². The highest BCUT2D eigenvalue weighted by Crippen LogP contribution is 2.04. The lowest BCUT2D eigenvalue weighted by atomic mass is 10.2. The first kappa shape index (κ1) is 10.8. The zero-order valence-electron chi connectivity index (χ0n) is 7.58. The van der Waals surface area contributed by atoms with Crippen LogP contribution < -0.4 is 10.6 Å². The fourth-order valence-corrected chi connectivity index (χ4v) is 1.65. The lowest BCUT2D eigenvalue weighted by Crippen LogP contribution is -2.40. The van der Waals surface area contributed by atoms with Gasteiger partial charge in [-0.1, -0.05) is 0 Å². The highest BCUT2D eigenvalue weighted by atomic mass is 32.2. The van der Waals surface area contributed by atoms with Crippen molar-refractivity contribution in [1.82, 2.24) is 10.6 Å². The van der Waals surface area contributed by atoms with Crippen LogP contribution in [0.1, 0.15) is 19.3 Å². The fourth-order valence-electron chi connectivity index (χ4n) is 1.38. The van der Waals surface area contributed by atoms with Gasteiger partial charge in [-0.15, -0.1) is 0 Å². The van der Waals surface area contributed by atoms with Gasteiger partial charge in [0.15, 0.2) is 0 Å². The molecule has 1 unspecified atom stereocenters. The van der Waals surface area contributed by atoms with Crippen molar-refractivity contribution in [3.63, 3.8) is 0 Å². The minimum atomic E-state index is 0.0155. The van der Waals surface area contributed by atoms with Crippen molar-refractivity contribution in [3.05, 3.63) is 0 Å². The molecule has 1 rings (SSSR count). The topological polar surface area (TPSA) is 61.4 Å². The minimum absolute atomic E-state index is 0.0155. The van der Waals surface area contributed by atoms with Crippen molar-refractivity contribution in [2.45, 2.75) is 25.3 Å². The van der Waals surface area contributed by atoms with Crippen LogP contribution in [0.4, 0.5) is 0 Å². The van der Waals surface area contributed by atoms with Crippen molar-refractivity contribution in [1.29, 1.82) is 0 Å². The van der Waals surface area contributed by atoms with Gasteiger partial charge in [-0.25, -0.2) is 0 Å². The maximum atomic E-state index is 11.4. The van der Waals surface area contributed by atoms with Gasteiger partial charge in [-0.05, 0) is 37.8 Å². The van der Waals surface area contributed by atoms with Gasteiger partial charge in [0, 0.05) is 12.3 Å². The molecule has 1 aliphatic heterocycles. The van der Waals surface area contributed by atoms with E-state index in [9.17, 15) is 4.79 Å². The van der Waals surface area contributed by atoms with E-state index in [1.54, 1.807) is 0 Å².